The van der Waals surface area contributed by atoms with Crippen molar-refractivity contribution in [2.45, 2.75) is 31.7 Å². The normalized spacial score (nSPS) is 15.7. The van der Waals surface area contributed by atoms with Gasteiger partial charge in [-0.25, -0.2) is 4.98 Å². The average Bonchev–Trinajstić information content (AvgIpc) is 2.52. The molecule has 1 aliphatic carbocycles. The Morgan fingerprint density at radius 3 is 2.46 bits per heavy atom. The van der Waals surface area contributed by atoms with Crippen molar-refractivity contribution < 1.29 is 4.79 Å². The summed E-state index contributed by atoms with van der Waals surface area (Å²) in [6.07, 6.45) is 3.09. The number of rotatable bonds is 2. The van der Waals surface area contributed by atoms with Gasteiger partial charge in [0, 0.05) is 22.6 Å². The van der Waals surface area contributed by atoms with E-state index in [0.29, 0.717) is 33.2 Å². The number of ketones is 1. The molecule has 3 nitrogen and oxygen atoms in total. The maximum atomic E-state index is 12.8. The minimum atomic E-state index is -0.113. The molecular formula is C19H17ClN2OS. The smallest absolute Gasteiger partial charge is 0.165 e. The van der Waals surface area contributed by atoms with Crippen LogP contribution in [-0.4, -0.2) is 17.0 Å². The van der Waals surface area contributed by atoms with Crippen LogP contribution >= 0.6 is 23.4 Å². The van der Waals surface area contributed by atoms with Crippen LogP contribution in [0.25, 0.3) is 11.1 Å². The van der Waals surface area contributed by atoms with Crippen LogP contribution < -0.4 is 0 Å². The molecule has 0 amide bonds. The first kappa shape index (κ1) is 17.0. The molecule has 0 saturated carbocycles. The SMILES string of the molecule is CSc1nc2c(c(-c3ccc(Cl)cc3)c1C#N)C(=O)CC(C)(C)C2. The minimum Gasteiger partial charge on any atom is -0.294 e. The molecule has 1 heterocycles. The summed E-state index contributed by atoms with van der Waals surface area (Å²) in [6, 6.07) is 9.52. The van der Waals surface area contributed by atoms with Gasteiger partial charge in [0.2, 0.25) is 0 Å². The number of hydrogen-bond acceptors (Lipinski definition) is 4. The summed E-state index contributed by atoms with van der Waals surface area (Å²) in [5.74, 6) is 0.0582. The summed E-state index contributed by atoms with van der Waals surface area (Å²) in [4.78, 5) is 17.5. The van der Waals surface area contributed by atoms with Gasteiger partial charge >= 0.3 is 0 Å². The molecule has 3 rings (SSSR count). The van der Waals surface area contributed by atoms with Gasteiger partial charge < -0.3 is 0 Å². The lowest BCUT2D eigenvalue weighted by Crippen LogP contribution is -2.29. The van der Waals surface area contributed by atoms with Crippen molar-refractivity contribution in [1.29, 1.82) is 5.26 Å². The van der Waals surface area contributed by atoms with E-state index in [9.17, 15) is 10.1 Å². The van der Waals surface area contributed by atoms with E-state index in [-0.39, 0.29) is 11.2 Å². The Balaban J connectivity index is 2.36. The molecule has 0 atom stereocenters. The third-order valence-corrected chi connectivity index (χ3v) is 5.18. The molecule has 2 aromatic rings. The standard InChI is InChI=1S/C19H17ClN2OS/c1-19(2)8-14-17(15(23)9-19)16(11-4-6-12(20)7-5-11)13(10-21)18(22-14)24-3/h4-7H,8-9H2,1-3H3. The van der Waals surface area contributed by atoms with Gasteiger partial charge in [-0.05, 0) is 35.8 Å². The maximum absolute atomic E-state index is 12.8. The molecule has 0 fully saturated rings. The number of carbonyl (C=O) groups is 1. The second kappa shape index (κ2) is 6.23. The van der Waals surface area contributed by atoms with Gasteiger partial charge in [0.1, 0.15) is 11.1 Å². The molecule has 0 spiro atoms. The lowest BCUT2D eigenvalue weighted by molar-refractivity contribution is 0.0910. The van der Waals surface area contributed by atoms with E-state index >= 15 is 0 Å². The topological polar surface area (TPSA) is 53.8 Å². The fraction of sp³-hybridized carbons (Fsp3) is 0.316. The van der Waals surface area contributed by atoms with Crippen LogP contribution in [0.1, 0.15) is 41.9 Å². The average molecular weight is 357 g/mol. The molecule has 122 valence electrons. The number of fused-ring (bicyclic) bond motifs is 1. The van der Waals surface area contributed by atoms with Crippen LogP contribution in [0, 0.1) is 16.7 Å². The summed E-state index contributed by atoms with van der Waals surface area (Å²) >= 11 is 7.43. The first-order valence-electron chi connectivity index (χ1n) is 7.66. The molecule has 1 aliphatic rings. The highest BCUT2D eigenvalue weighted by molar-refractivity contribution is 7.98. The number of hydrogen-bond donors (Lipinski definition) is 0. The van der Waals surface area contributed by atoms with Crippen LogP contribution in [0.15, 0.2) is 29.3 Å². The van der Waals surface area contributed by atoms with Crippen molar-refractivity contribution in [3.63, 3.8) is 0 Å². The Kier molecular flexibility index (Phi) is 4.42. The first-order chi connectivity index (χ1) is 11.4. The van der Waals surface area contributed by atoms with Crippen LogP contribution in [-0.2, 0) is 6.42 Å². The van der Waals surface area contributed by atoms with E-state index in [0.717, 1.165) is 17.7 Å². The predicted molar refractivity (Wildman–Crippen MR) is 97.6 cm³/mol. The fourth-order valence-corrected chi connectivity index (χ4v) is 3.91. The van der Waals surface area contributed by atoms with Crippen LogP contribution in [0.4, 0.5) is 0 Å². The largest absolute Gasteiger partial charge is 0.294 e. The van der Waals surface area contributed by atoms with E-state index in [4.69, 9.17) is 11.6 Å². The Labute approximate surface area is 151 Å². The minimum absolute atomic E-state index is 0.0582. The summed E-state index contributed by atoms with van der Waals surface area (Å²) < 4.78 is 0. The van der Waals surface area contributed by atoms with Gasteiger partial charge in [-0.3, -0.25) is 4.79 Å². The van der Waals surface area contributed by atoms with E-state index in [1.807, 2.05) is 18.4 Å². The number of benzene rings is 1. The monoisotopic (exact) mass is 356 g/mol. The lowest BCUT2D eigenvalue weighted by Gasteiger charge is -2.31. The van der Waals surface area contributed by atoms with Crippen LogP contribution in [0.5, 0.6) is 0 Å². The van der Waals surface area contributed by atoms with Crippen molar-refractivity contribution in [2.24, 2.45) is 5.41 Å². The quantitative estimate of drug-likeness (QED) is 0.698. The number of thioether (sulfide) groups is 1. The van der Waals surface area contributed by atoms with Crippen molar-refractivity contribution in [1.82, 2.24) is 4.98 Å². The third-order valence-electron chi connectivity index (χ3n) is 4.24. The van der Waals surface area contributed by atoms with Crippen molar-refractivity contribution >= 4 is 29.1 Å². The van der Waals surface area contributed by atoms with E-state index in [1.54, 1.807) is 12.1 Å². The van der Waals surface area contributed by atoms with Crippen LogP contribution in [0.2, 0.25) is 5.02 Å². The highest BCUT2D eigenvalue weighted by Crippen LogP contribution is 2.42. The number of nitriles is 1. The first-order valence-corrected chi connectivity index (χ1v) is 9.26. The summed E-state index contributed by atoms with van der Waals surface area (Å²) in [5, 5.41) is 11.0. The Morgan fingerprint density at radius 1 is 1.21 bits per heavy atom. The van der Waals surface area contributed by atoms with Gasteiger partial charge in [0.05, 0.1) is 11.3 Å². The zero-order valence-electron chi connectivity index (χ0n) is 13.8. The Hall–Kier alpha value is -1.83. The van der Waals surface area contributed by atoms with Gasteiger partial charge in [-0.1, -0.05) is 37.6 Å². The molecule has 0 saturated heterocycles. The van der Waals surface area contributed by atoms with Gasteiger partial charge in [-0.15, -0.1) is 11.8 Å². The zero-order valence-corrected chi connectivity index (χ0v) is 15.4. The molecule has 1 aromatic heterocycles. The third kappa shape index (κ3) is 2.94. The second-order valence-electron chi connectivity index (χ2n) is 6.75. The second-order valence-corrected chi connectivity index (χ2v) is 7.98. The number of aromatic nitrogens is 1. The predicted octanol–water partition coefficient (Wildman–Crippen LogP) is 5.15. The molecule has 0 bridgehead atoms. The number of carbonyl (C=O) groups excluding carboxylic acids is 1. The number of Topliss-reactive ketones (excluding diaryl/α,β-unsaturated/α-hetero) is 1. The maximum Gasteiger partial charge on any atom is 0.165 e. The summed E-state index contributed by atoms with van der Waals surface area (Å²) in [5.41, 5.74) is 3.28. The molecule has 1 aromatic carbocycles. The van der Waals surface area contributed by atoms with Gasteiger partial charge in [-0.2, -0.15) is 5.26 Å². The van der Waals surface area contributed by atoms with Crippen LogP contribution in [0.3, 0.4) is 0 Å². The van der Waals surface area contributed by atoms with Gasteiger partial charge in [0.25, 0.3) is 0 Å². The molecule has 5 heteroatoms. The molecular weight excluding hydrogens is 340 g/mol. The number of nitrogens with zero attached hydrogens (tertiary/aromatic N) is 2. The van der Waals surface area contributed by atoms with Crippen molar-refractivity contribution in [3.05, 3.63) is 46.1 Å². The Morgan fingerprint density at radius 2 is 1.88 bits per heavy atom. The van der Waals surface area contributed by atoms with E-state index in [1.165, 1.54) is 11.8 Å². The highest BCUT2D eigenvalue weighted by Gasteiger charge is 2.35. The van der Waals surface area contributed by atoms with E-state index in [2.05, 4.69) is 24.9 Å². The zero-order chi connectivity index (χ0) is 17.5. The highest BCUT2D eigenvalue weighted by atomic mass is 35.5. The molecule has 0 aliphatic heterocycles. The number of pyridine rings is 1. The van der Waals surface area contributed by atoms with Crippen molar-refractivity contribution in [2.75, 3.05) is 6.26 Å². The summed E-state index contributed by atoms with van der Waals surface area (Å²) in [7, 11) is 0. The molecule has 0 unspecified atom stereocenters. The molecule has 24 heavy (non-hydrogen) atoms. The fourth-order valence-electron chi connectivity index (χ4n) is 3.23. The number of halogens is 1. The lowest BCUT2D eigenvalue weighted by atomic mass is 9.73. The van der Waals surface area contributed by atoms with Crippen molar-refractivity contribution in [3.8, 4) is 17.2 Å². The Bertz CT molecular complexity index is 866. The van der Waals surface area contributed by atoms with Gasteiger partial charge in [0.15, 0.2) is 5.78 Å². The molecule has 0 N–H and O–H groups in total. The molecule has 0 radical (unpaired) electrons. The van der Waals surface area contributed by atoms with E-state index < -0.39 is 0 Å². The summed E-state index contributed by atoms with van der Waals surface area (Å²) in [6.45, 7) is 4.16.